The van der Waals surface area contributed by atoms with Gasteiger partial charge >= 0.3 is 0 Å². The van der Waals surface area contributed by atoms with Gasteiger partial charge in [-0.1, -0.05) is 6.92 Å². The van der Waals surface area contributed by atoms with E-state index in [4.69, 9.17) is 4.74 Å². The number of likely N-dealkylation sites (tertiary alicyclic amines) is 1. The predicted molar refractivity (Wildman–Crippen MR) is 116 cm³/mol. The lowest BCUT2D eigenvalue weighted by atomic mass is 9.95. The van der Waals surface area contributed by atoms with Crippen molar-refractivity contribution in [3.8, 4) is 5.75 Å². The van der Waals surface area contributed by atoms with Gasteiger partial charge in [-0.15, -0.1) is 5.10 Å². The van der Waals surface area contributed by atoms with Crippen LogP contribution >= 0.6 is 0 Å². The number of piperidine rings is 1. The highest BCUT2D eigenvalue weighted by molar-refractivity contribution is 5.80. The summed E-state index contributed by atoms with van der Waals surface area (Å²) in [6.07, 6.45) is 2.19. The highest BCUT2D eigenvalue weighted by Gasteiger charge is 2.32. The molecule has 1 aliphatic heterocycles. The van der Waals surface area contributed by atoms with Crippen LogP contribution in [0.4, 0.5) is 0 Å². The number of aromatic nitrogens is 5. The van der Waals surface area contributed by atoms with E-state index in [0.29, 0.717) is 23.9 Å². The number of ether oxygens (including phenoxy) is 1. The number of benzene rings is 1. The van der Waals surface area contributed by atoms with Crippen LogP contribution in [0.3, 0.4) is 0 Å². The molecule has 2 aromatic heterocycles. The summed E-state index contributed by atoms with van der Waals surface area (Å²) in [5.41, 5.74) is 1.36. The molecular weight excluding hydrogens is 380 g/mol. The molecule has 3 heterocycles. The SMILES string of the molecule is CCOc1ccc2[nH]c(=O)c([C@@H](c3nnnn3C(C)C)N3CCC(C)CC3)cc2c1. The Balaban J connectivity index is 1.85. The van der Waals surface area contributed by atoms with Crippen molar-refractivity contribution in [1.82, 2.24) is 30.1 Å². The zero-order valence-electron chi connectivity index (χ0n) is 18.1. The molecule has 8 nitrogen and oxygen atoms in total. The Morgan fingerprint density at radius 1 is 1.23 bits per heavy atom. The fraction of sp³-hybridized carbons (Fsp3) is 0.545. The average Bonchev–Trinajstić information content (AvgIpc) is 3.20. The molecule has 0 saturated carbocycles. The third-order valence-corrected chi connectivity index (χ3v) is 5.89. The fourth-order valence-corrected chi connectivity index (χ4v) is 4.20. The molecule has 0 amide bonds. The summed E-state index contributed by atoms with van der Waals surface area (Å²) in [4.78, 5) is 18.6. The molecule has 1 N–H and O–H groups in total. The normalized spacial score (nSPS) is 17.0. The summed E-state index contributed by atoms with van der Waals surface area (Å²) in [5, 5.41) is 13.4. The molecule has 1 aliphatic rings. The minimum Gasteiger partial charge on any atom is -0.494 e. The van der Waals surface area contributed by atoms with Crippen LogP contribution in [0.2, 0.25) is 0 Å². The van der Waals surface area contributed by atoms with E-state index in [1.54, 1.807) is 0 Å². The number of nitrogens with one attached hydrogen (secondary N) is 1. The van der Waals surface area contributed by atoms with Crippen molar-refractivity contribution in [2.75, 3.05) is 19.7 Å². The van der Waals surface area contributed by atoms with Gasteiger partial charge in [0.25, 0.3) is 5.56 Å². The highest BCUT2D eigenvalue weighted by atomic mass is 16.5. The number of rotatable bonds is 6. The molecule has 3 aromatic rings. The number of aromatic amines is 1. The first-order valence-electron chi connectivity index (χ1n) is 10.8. The van der Waals surface area contributed by atoms with E-state index in [2.05, 4.69) is 32.3 Å². The zero-order valence-corrected chi connectivity index (χ0v) is 18.1. The Morgan fingerprint density at radius 2 is 2.00 bits per heavy atom. The number of fused-ring (bicyclic) bond motifs is 1. The molecule has 1 aromatic carbocycles. The first-order valence-corrected chi connectivity index (χ1v) is 10.8. The van der Waals surface area contributed by atoms with Crippen LogP contribution in [0.25, 0.3) is 10.9 Å². The lowest BCUT2D eigenvalue weighted by Gasteiger charge is -2.36. The molecule has 1 fully saturated rings. The number of nitrogens with zero attached hydrogens (tertiary/aromatic N) is 5. The standard InChI is InChI=1S/C22H30N6O2/c1-5-30-17-6-7-19-16(12-17)13-18(22(29)23-19)20(27-10-8-15(4)9-11-27)21-24-25-26-28(21)14(2)3/h6-7,12-15,20H,5,8-11H2,1-4H3,(H,23,29)/t20-/m0/s1. The van der Waals surface area contributed by atoms with Crippen molar-refractivity contribution >= 4 is 10.9 Å². The zero-order chi connectivity index (χ0) is 21.3. The van der Waals surface area contributed by atoms with E-state index in [0.717, 1.165) is 42.6 Å². The quantitative estimate of drug-likeness (QED) is 0.671. The summed E-state index contributed by atoms with van der Waals surface area (Å²) in [6.45, 7) is 10.8. The van der Waals surface area contributed by atoms with Crippen molar-refractivity contribution in [2.24, 2.45) is 5.92 Å². The van der Waals surface area contributed by atoms with Gasteiger partial charge in [-0.25, -0.2) is 4.68 Å². The number of tetrazole rings is 1. The van der Waals surface area contributed by atoms with Gasteiger partial charge in [0.1, 0.15) is 11.8 Å². The van der Waals surface area contributed by atoms with Crippen LogP contribution in [0.15, 0.2) is 29.1 Å². The Bertz CT molecular complexity index is 1060. The largest absolute Gasteiger partial charge is 0.494 e. The summed E-state index contributed by atoms with van der Waals surface area (Å²) in [7, 11) is 0. The van der Waals surface area contributed by atoms with Gasteiger partial charge < -0.3 is 9.72 Å². The summed E-state index contributed by atoms with van der Waals surface area (Å²) >= 11 is 0. The van der Waals surface area contributed by atoms with Gasteiger partial charge in [0.05, 0.1) is 12.6 Å². The highest BCUT2D eigenvalue weighted by Crippen LogP contribution is 2.32. The summed E-state index contributed by atoms with van der Waals surface area (Å²) < 4.78 is 7.48. The molecule has 8 heteroatoms. The minimum absolute atomic E-state index is 0.102. The van der Waals surface area contributed by atoms with Crippen LogP contribution in [0.5, 0.6) is 5.75 Å². The van der Waals surface area contributed by atoms with E-state index in [9.17, 15) is 4.79 Å². The van der Waals surface area contributed by atoms with Gasteiger partial charge in [0.2, 0.25) is 0 Å². The van der Waals surface area contributed by atoms with Crippen LogP contribution in [0, 0.1) is 5.92 Å². The second-order valence-electron chi connectivity index (χ2n) is 8.43. The molecular formula is C22H30N6O2. The third-order valence-electron chi connectivity index (χ3n) is 5.89. The molecule has 0 radical (unpaired) electrons. The number of hydrogen-bond donors (Lipinski definition) is 1. The smallest absolute Gasteiger partial charge is 0.253 e. The van der Waals surface area contributed by atoms with Crippen molar-refractivity contribution < 1.29 is 4.74 Å². The first kappa shape index (κ1) is 20.5. The van der Waals surface area contributed by atoms with Crippen molar-refractivity contribution in [1.29, 1.82) is 0 Å². The van der Waals surface area contributed by atoms with Crippen molar-refractivity contribution in [2.45, 2.75) is 52.6 Å². The lowest BCUT2D eigenvalue weighted by molar-refractivity contribution is 0.148. The molecule has 0 aliphatic carbocycles. The fourth-order valence-electron chi connectivity index (χ4n) is 4.20. The van der Waals surface area contributed by atoms with Gasteiger partial charge in [0, 0.05) is 16.5 Å². The van der Waals surface area contributed by atoms with Gasteiger partial charge in [-0.2, -0.15) is 0 Å². The molecule has 30 heavy (non-hydrogen) atoms. The number of H-pyrrole nitrogens is 1. The maximum absolute atomic E-state index is 13.2. The van der Waals surface area contributed by atoms with Crippen LogP contribution < -0.4 is 10.3 Å². The lowest BCUT2D eigenvalue weighted by Crippen LogP contribution is -2.40. The summed E-state index contributed by atoms with van der Waals surface area (Å²) in [5.74, 6) is 2.19. The monoisotopic (exact) mass is 410 g/mol. The second-order valence-corrected chi connectivity index (χ2v) is 8.43. The van der Waals surface area contributed by atoms with Crippen LogP contribution in [-0.2, 0) is 0 Å². The second kappa shape index (κ2) is 8.55. The Labute approximate surface area is 176 Å². The van der Waals surface area contributed by atoms with Crippen LogP contribution in [0.1, 0.15) is 64.0 Å². The molecule has 0 spiro atoms. The Kier molecular flexibility index (Phi) is 5.85. The third kappa shape index (κ3) is 3.96. The minimum atomic E-state index is -0.293. The molecule has 1 atom stereocenters. The van der Waals surface area contributed by atoms with Crippen molar-refractivity contribution in [3.63, 3.8) is 0 Å². The predicted octanol–water partition coefficient (Wildman–Crippen LogP) is 3.32. The Hall–Kier alpha value is -2.74. The maximum atomic E-state index is 13.2. The van der Waals surface area contributed by atoms with E-state index in [1.807, 2.05) is 49.7 Å². The molecule has 0 bridgehead atoms. The van der Waals surface area contributed by atoms with Crippen LogP contribution in [-0.4, -0.2) is 49.8 Å². The van der Waals surface area contributed by atoms with E-state index >= 15 is 0 Å². The van der Waals surface area contributed by atoms with Crippen molar-refractivity contribution in [3.05, 3.63) is 46.0 Å². The Morgan fingerprint density at radius 3 is 2.70 bits per heavy atom. The average molecular weight is 411 g/mol. The van der Waals surface area contributed by atoms with Gasteiger partial charge in [0.15, 0.2) is 5.82 Å². The number of pyridine rings is 1. The summed E-state index contributed by atoms with van der Waals surface area (Å²) in [6, 6.07) is 7.52. The van der Waals surface area contributed by atoms with Gasteiger partial charge in [-0.3, -0.25) is 9.69 Å². The van der Waals surface area contributed by atoms with E-state index in [-0.39, 0.29) is 17.6 Å². The van der Waals surface area contributed by atoms with E-state index in [1.165, 1.54) is 0 Å². The molecule has 1 saturated heterocycles. The topological polar surface area (TPSA) is 88.9 Å². The molecule has 160 valence electrons. The molecule has 4 rings (SSSR count). The first-order chi connectivity index (χ1) is 14.5. The number of hydrogen-bond acceptors (Lipinski definition) is 6. The maximum Gasteiger partial charge on any atom is 0.253 e. The van der Waals surface area contributed by atoms with Gasteiger partial charge in [-0.05, 0) is 87.3 Å². The molecule has 0 unspecified atom stereocenters. The van der Waals surface area contributed by atoms with E-state index < -0.39 is 0 Å².